The van der Waals surface area contributed by atoms with Crippen LogP contribution in [0.3, 0.4) is 0 Å². The average Bonchev–Trinajstić information content (AvgIpc) is 2.55. The third-order valence-electron chi connectivity index (χ3n) is 2.13. The Morgan fingerprint density at radius 3 is 2.29 bits per heavy atom. The normalized spacial score (nSPS) is 12.8. The molecule has 0 amide bonds. The Hall–Kier alpha value is 0.750. The van der Waals surface area contributed by atoms with E-state index in [2.05, 4.69) is 31.9 Å². The van der Waals surface area contributed by atoms with Crippen LogP contribution < -0.4 is 0 Å². The molecule has 0 N–H and O–H groups in total. The molecule has 0 spiro atoms. The van der Waals surface area contributed by atoms with Crippen molar-refractivity contribution in [1.82, 2.24) is 0 Å². The van der Waals surface area contributed by atoms with Gasteiger partial charge in [-0.15, -0.1) is 11.3 Å². The van der Waals surface area contributed by atoms with Crippen molar-refractivity contribution in [2.75, 3.05) is 0 Å². The van der Waals surface area contributed by atoms with Crippen molar-refractivity contribution in [1.29, 1.82) is 0 Å². The third kappa shape index (κ3) is 3.40. The highest BCUT2D eigenvalue weighted by Crippen LogP contribution is 2.42. The van der Waals surface area contributed by atoms with Crippen LogP contribution in [0, 0.1) is 0 Å². The first-order valence-electron chi connectivity index (χ1n) is 4.52. The second-order valence-corrected chi connectivity index (χ2v) is 7.90. The largest absolute Gasteiger partial charge is 0.111 e. The summed E-state index contributed by atoms with van der Waals surface area (Å²) < 4.78 is 2.30. The number of hydrogen-bond acceptors (Lipinski definition) is 1. The van der Waals surface area contributed by atoms with E-state index < -0.39 is 0 Å². The minimum Gasteiger partial charge on any atom is -0.111 e. The van der Waals surface area contributed by atoms with Gasteiger partial charge in [-0.05, 0) is 29.8 Å². The average molecular weight is 435 g/mol. The molecule has 0 radical (unpaired) electrons. The summed E-state index contributed by atoms with van der Waals surface area (Å²) in [7, 11) is 0. The van der Waals surface area contributed by atoms with Gasteiger partial charge in [0.15, 0.2) is 0 Å². The van der Waals surface area contributed by atoms with Crippen LogP contribution in [0.5, 0.6) is 0 Å². The Morgan fingerprint density at radius 1 is 1.06 bits per heavy atom. The van der Waals surface area contributed by atoms with Crippen LogP contribution in [-0.4, -0.2) is 0 Å². The lowest BCUT2D eigenvalue weighted by molar-refractivity contribution is 1.19. The van der Waals surface area contributed by atoms with Crippen molar-refractivity contribution in [3.8, 4) is 0 Å². The fourth-order valence-electron chi connectivity index (χ4n) is 1.43. The maximum Gasteiger partial charge on any atom is 0.0990 e. The van der Waals surface area contributed by atoms with Crippen molar-refractivity contribution in [2.24, 2.45) is 0 Å². The second kappa shape index (κ2) is 5.81. The number of benzene rings is 1. The van der Waals surface area contributed by atoms with E-state index in [1.807, 2.05) is 24.3 Å². The molecule has 1 heterocycles. The molecule has 2 rings (SSSR count). The van der Waals surface area contributed by atoms with Crippen molar-refractivity contribution in [3.05, 3.63) is 53.6 Å². The Balaban J connectivity index is 2.43. The number of thiophene rings is 1. The zero-order valence-electron chi connectivity index (χ0n) is 8.18. The molecular weight excluding hydrogens is 430 g/mol. The minimum atomic E-state index is -0.0197. The third-order valence-corrected chi connectivity index (χ3v) is 5.35. The SMILES string of the molecule is Clc1cc(Br)cc(C(Br)c2cc(Cl)sc2Cl)c1. The molecule has 1 unspecified atom stereocenters. The second-order valence-electron chi connectivity index (χ2n) is 3.34. The predicted molar refractivity (Wildman–Crippen MR) is 84.3 cm³/mol. The van der Waals surface area contributed by atoms with Gasteiger partial charge in [0.25, 0.3) is 0 Å². The molecule has 1 aromatic carbocycles. The van der Waals surface area contributed by atoms with E-state index in [4.69, 9.17) is 34.8 Å². The van der Waals surface area contributed by atoms with Crippen LogP contribution in [0.4, 0.5) is 0 Å². The van der Waals surface area contributed by atoms with Crippen molar-refractivity contribution < 1.29 is 0 Å². The van der Waals surface area contributed by atoms with Crippen LogP contribution >= 0.6 is 78.0 Å². The Bertz CT molecular complexity index is 533. The van der Waals surface area contributed by atoms with Crippen molar-refractivity contribution >= 4 is 78.0 Å². The Kier molecular flexibility index (Phi) is 4.84. The molecule has 0 aliphatic heterocycles. The molecule has 90 valence electrons. The molecule has 0 bridgehead atoms. The molecule has 17 heavy (non-hydrogen) atoms. The van der Waals surface area contributed by atoms with Gasteiger partial charge < -0.3 is 0 Å². The first kappa shape index (κ1) is 14.2. The maximum absolute atomic E-state index is 6.13. The van der Waals surface area contributed by atoms with E-state index in [9.17, 15) is 0 Å². The quantitative estimate of drug-likeness (QED) is 0.448. The van der Waals surface area contributed by atoms with Gasteiger partial charge >= 0.3 is 0 Å². The maximum atomic E-state index is 6.13. The molecule has 0 fully saturated rings. The highest BCUT2D eigenvalue weighted by atomic mass is 79.9. The van der Waals surface area contributed by atoms with Crippen LogP contribution in [0.15, 0.2) is 28.7 Å². The topological polar surface area (TPSA) is 0 Å². The lowest BCUT2D eigenvalue weighted by Crippen LogP contribution is -1.91. The van der Waals surface area contributed by atoms with E-state index in [0.29, 0.717) is 13.7 Å². The van der Waals surface area contributed by atoms with Gasteiger partial charge in [-0.25, -0.2) is 0 Å². The molecule has 0 saturated carbocycles. The summed E-state index contributed by atoms with van der Waals surface area (Å²) in [6.45, 7) is 0. The van der Waals surface area contributed by atoms with Gasteiger partial charge in [0.2, 0.25) is 0 Å². The lowest BCUT2D eigenvalue weighted by Gasteiger charge is -2.10. The summed E-state index contributed by atoms with van der Waals surface area (Å²) in [6, 6.07) is 7.59. The number of alkyl halides is 1. The van der Waals surface area contributed by atoms with Gasteiger partial charge in [-0.2, -0.15) is 0 Å². The summed E-state index contributed by atoms with van der Waals surface area (Å²) in [5.74, 6) is 0. The van der Waals surface area contributed by atoms with Crippen LogP contribution in [-0.2, 0) is 0 Å². The number of halogens is 5. The van der Waals surface area contributed by atoms with Gasteiger partial charge in [0.05, 0.1) is 13.5 Å². The van der Waals surface area contributed by atoms with Gasteiger partial charge in [0.1, 0.15) is 0 Å². The zero-order valence-corrected chi connectivity index (χ0v) is 14.4. The Labute approximate surface area is 135 Å². The molecule has 0 aliphatic carbocycles. The van der Waals surface area contributed by atoms with Crippen LogP contribution in [0.25, 0.3) is 0 Å². The predicted octanol–water partition coefficient (Wildman–Crippen LogP) is 6.96. The monoisotopic (exact) mass is 432 g/mol. The van der Waals surface area contributed by atoms with Crippen LogP contribution in [0.1, 0.15) is 16.0 Å². The summed E-state index contributed by atoms with van der Waals surface area (Å²) in [6.07, 6.45) is 0. The van der Waals surface area contributed by atoms with E-state index in [0.717, 1.165) is 15.6 Å². The summed E-state index contributed by atoms with van der Waals surface area (Å²) in [4.78, 5) is -0.0197. The van der Waals surface area contributed by atoms with E-state index in [1.54, 1.807) is 0 Å². The summed E-state index contributed by atoms with van der Waals surface area (Å²) in [5, 5.41) is 0.677. The van der Waals surface area contributed by atoms with Gasteiger partial charge in [-0.3, -0.25) is 0 Å². The fraction of sp³-hybridized carbons (Fsp3) is 0.0909. The van der Waals surface area contributed by atoms with E-state index in [1.165, 1.54) is 11.3 Å². The molecular formula is C11H5Br2Cl3S. The molecule has 0 nitrogen and oxygen atoms in total. The standard InChI is InChI=1S/C11H5Br2Cl3S/c12-6-1-5(2-7(14)3-6)10(13)8-4-9(15)17-11(8)16/h1-4,10H. The van der Waals surface area contributed by atoms with Crippen molar-refractivity contribution in [2.45, 2.75) is 4.83 Å². The molecule has 1 aromatic heterocycles. The molecule has 2 aromatic rings. The smallest absolute Gasteiger partial charge is 0.0990 e. The summed E-state index contributed by atoms with van der Waals surface area (Å²) >= 11 is 26.5. The highest BCUT2D eigenvalue weighted by molar-refractivity contribution is 9.10. The molecule has 0 saturated heterocycles. The molecule has 6 heteroatoms. The molecule has 1 atom stereocenters. The fourth-order valence-corrected chi connectivity index (χ4v) is 4.75. The highest BCUT2D eigenvalue weighted by Gasteiger charge is 2.17. The zero-order chi connectivity index (χ0) is 12.6. The Morgan fingerprint density at radius 2 is 1.76 bits per heavy atom. The minimum absolute atomic E-state index is 0.0197. The van der Waals surface area contributed by atoms with Gasteiger partial charge in [-0.1, -0.05) is 66.7 Å². The first-order valence-corrected chi connectivity index (χ1v) is 8.18. The van der Waals surface area contributed by atoms with Crippen molar-refractivity contribution in [3.63, 3.8) is 0 Å². The van der Waals surface area contributed by atoms with Gasteiger partial charge in [0, 0.05) is 15.1 Å². The van der Waals surface area contributed by atoms with E-state index in [-0.39, 0.29) is 4.83 Å². The van der Waals surface area contributed by atoms with Crippen LogP contribution in [0.2, 0.25) is 13.7 Å². The molecule has 0 aliphatic rings. The first-order chi connectivity index (χ1) is 7.97. The van der Waals surface area contributed by atoms with E-state index >= 15 is 0 Å². The summed E-state index contributed by atoms with van der Waals surface area (Å²) in [5.41, 5.74) is 1.98. The lowest BCUT2D eigenvalue weighted by atomic mass is 10.1. The number of rotatable bonds is 2. The number of hydrogen-bond donors (Lipinski definition) is 0.